The summed E-state index contributed by atoms with van der Waals surface area (Å²) in [6.07, 6.45) is 0. The largest absolute Gasteiger partial charge is 0.418 e. The van der Waals surface area contributed by atoms with E-state index >= 15 is 0 Å². The molecule has 9 nitrogen and oxygen atoms in total. The summed E-state index contributed by atoms with van der Waals surface area (Å²) in [5.41, 5.74) is 5.24. The van der Waals surface area contributed by atoms with Crippen LogP contribution in [-0.2, 0) is 9.13 Å². The van der Waals surface area contributed by atoms with Crippen molar-refractivity contribution in [2.45, 2.75) is 40.7 Å². The minimum atomic E-state index is -4.23. The first-order chi connectivity index (χ1) is 10.9. The molecule has 12 heteroatoms. The molecule has 0 heterocycles. The first-order valence-corrected chi connectivity index (χ1v) is 12.4. The summed E-state index contributed by atoms with van der Waals surface area (Å²) in [6, 6.07) is 3.70. The van der Waals surface area contributed by atoms with Gasteiger partial charge in [-0.25, -0.2) is 9.65 Å². The Morgan fingerprint density at radius 1 is 1.38 bits per heavy atom. The molecule has 1 aromatic carbocycles. The maximum Gasteiger partial charge on any atom is 0.385 e. The molecule has 0 fully saturated rings. The fourth-order valence-corrected chi connectivity index (χ4v) is 8.54. The van der Waals surface area contributed by atoms with Crippen molar-refractivity contribution in [1.82, 2.24) is 5.09 Å². The van der Waals surface area contributed by atoms with E-state index < -0.39 is 24.1 Å². The number of nitro groups is 1. The van der Waals surface area contributed by atoms with Crippen LogP contribution in [0.5, 0.6) is 5.75 Å². The van der Waals surface area contributed by atoms with Gasteiger partial charge in [-0.3, -0.25) is 20.2 Å². The Kier molecular flexibility index (Phi) is 9.20. The monoisotopic (exact) mass is 399 g/mol. The number of benzene rings is 1. The zero-order valence-corrected chi connectivity index (χ0v) is 16.7. The molecule has 2 atom stereocenters. The van der Waals surface area contributed by atoms with Gasteiger partial charge < -0.3 is 9.42 Å². The summed E-state index contributed by atoms with van der Waals surface area (Å²) in [4.78, 5) is 19.6. The molecule has 138 valence electrons. The summed E-state index contributed by atoms with van der Waals surface area (Å²) in [5.74, 6) is -0.270. The van der Waals surface area contributed by atoms with Gasteiger partial charge in [0.05, 0.1) is 15.9 Å². The molecule has 0 amide bonds. The molecule has 0 saturated heterocycles. The van der Waals surface area contributed by atoms with Crippen molar-refractivity contribution in [3.8, 4) is 5.75 Å². The van der Waals surface area contributed by atoms with E-state index in [0.29, 0.717) is 5.56 Å². The molecule has 0 spiro atoms. The van der Waals surface area contributed by atoms with Crippen LogP contribution in [0.3, 0.4) is 0 Å². The molecule has 2 unspecified atom stereocenters. The normalized spacial score (nSPS) is 15.7. The molecule has 0 aliphatic heterocycles. The van der Waals surface area contributed by atoms with Gasteiger partial charge in [0.25, 0.3) is 0 Å². The quantitative estimate of drug-likeness (QED) is 0.349. The number of rotatable bonds is 7. The molecule has 0 radical (unpaired) electrons. The molecule has 0 saturated carbocycles. The Balaban J connectivity index is 0.00000254. The van der Waals surface area contributed by atoms with E-state index in [2.05, 4.69) is 5.09 Å². The van der Waals surface area contributed by atoms with Crippen molar-refractivity contribution in [3.63, 3.8) is 0 Å². The predicted octanol–water partition coefficient (Wildman–Crippen LogP) is 4.21. The lowest BCUT2D eigenvalue weighted by Gasteiger charge is -2.22. The second-order valence-electron chi connectivity index (χ2n) is 4.75. The number of hydrogen-bond acceptors (Lipinski definition) is 6. The van der Waals surface area contributed by atoms with Crippen molar-refractivity contribution in [2.75, 3.05) is 0 Å². The molecular weight excluding hydrogens is 376 g/mol. The molecule has 0 bridgehead atoms. The van der Waals surface area contributed by atoms with Crippen LogP contribution in [-0.4, -0.2) is 15.9 Å². The van der Waals surface area contributed by atoms with Gasteiger partial charge in [-0.1, -0.05) is 19.9 Å². The lowest BCUT2D eigenvalue weighted by molar-refractivity contribution is -0.385. The third-order valence-corrected chi connectivity index (χ3v) is 9.82. The Morgan fingerprint density at radius 2 is 1.92 bits per heavy atom. The van der Waals surface area contributed by atoms with Crippen LogP contribution in [0.25, 0.3) is 0 Å². The molecule has 24 heavy (non-hydrogen) atoms. The van der Waals surface area contributed by atoms with Gasteiger partial charge >= 0.3 is 19.1 Å². The van der Waals surface area contributed by atoms with E-state index in [-0.39, 0.29) is 22.8 Å². The summed E-state index contributed by atoms with van der Waals surface area (Å²) in [5, 5.41) is 13.6. The molecule has 1 rings (SSSR count). The number of nitrogens with one attached hydrogen (secondary N) is 1. The number of nitrogens with zero attached hydrogens (tertiary/aromatic N) is 1. The van der Waals surface area contributed by atoms with Crippen LogP contribution in [0.15, 0.2) is 18.2 Å². The molecule has 0 aromatic heterocycles. The highest BCUT2D eigenvalue weighted by Gasteiger charge is 2.36. The fourth-order valence-electron chi connectivity index (χ4n) is 1.51. The van der Waals surface area contributed by atoms with E-state index in [1.165, 1.54) is 18.2 Å². The summed E-state index contributed by atoms with van der Waals surface area (Å²) in [7, 11) is 0. The van der Waals surface area contributed by atoms with Crippen molar-refractivity contribution in [3.05, 3.63) is 33.9 Å². The van der Waals surface area contributed by atoms with Gasteiger partial charge in [0.1, 0.15) is 0 Å². The van der Waals surface area contributed by atoms with Crippen molar-refractivity contribution in [1.29, 1.82) is 0 Å². The fraction of sp³-hybridized carbons (Fsp3) is 0.500. The Labute approximate surface area is 145 Å². The maximum absolute atomic E-state index is 12.7. The Bertz CT molecular complexity index is 664. The second-order valence-corrected chi connectivity index (χ2v) is 12.4. The standard InChI is InChI=1S/C10H17N3O6P2S.C2H6/c1-7(2)12-21(18,22-20(11,16)17)19-10-5-4-8(3)6-9(10)13(14)15;1-2/h4-7H,1-3H3,(H,12,18)(H3,11,16,17);1-2H3. The smallest absolute Gasteiger partial charge is 0.385 e. The van der Waals surface area contributed by atoms with Crippen LogP contribution in [0.2, 0.25) is 0 Å². The van der Waals surface area contributed by atoms with Gasteiger partial charge in [-0.2, -0.15) is 0 Å². The van der Waals surface area contributed by atoms with Gasteiger partial charge in [0, 0.05) is 12.1 Å². The lowest BCUT2D eigenvalue weighted by Crippen LogP contribution is -2.21. The van der Waals surface area contributed by atoms with Crippen molar-refractivity contribution in [2.24, 2.45) is 5.50 Å². The van der Waals surface area contributed by atoms with E-state index in [4.69, 9.17) is 10.0 Å². The van der Waals surface area contributed by atoms with Gasteiger partial charge in [0.15, 0.2) is 0 Å². The third kappa shape index (κ3) is 8.28. The molecule has 1 aromatic rings. The molecular formula is C12H23N3O6P2S. The average Bonchev–Trinajstić information content (AvgIpc) is 2.39. The highest BCUT2D eigenvalue weighted by atomic mass is 33.1. The number of nitrogens with two attached hydrogens (primary N) is 1. The predicted molar refractivity (Wildman–Crippen MR) is 97.3 cm³/mol. The number of aryl methyl sites for hydroxylation is 1. The average molecular weight is 399 g/mol. The van der Waals surface area contributed by atoms with Gasteiger partial charge in [-0.05, 0) is 32.4 Å². The van der Waals surface area contributed by atoms with Crippen LogP contribution >= 0.6 is 24.4 Å². The molecule has 0 aliphatic rings. The summed E-state index contributed by atoms with van der Waals surface area (Å²) in [6.45, 7) is 0.719. The summed E-state index contributed by atoms with van der Waals surface area (Å²) >= 11 is 0.0405. The zero-order chi connectivity index (χ0) is 19.1. The first-order valence-electron chi connectivity index (χ1n) is 7.07. The van der Waals surface area contributed by atoms with Gasteiger partial charge in [-0.15, -0.1) is 0 Å². The number of nitro benzene ring substituents is 1. The highest BCUT2D eigenvalue weighted by Crippen LogP contribution is 2.71. The van der Waals surface area contributed by atoms with Crippen molar-refractivity contribution < 1.29 is 23.5 Å². The molecule has 4 N–H and O–H groups in total. The van der Waals surface area contributed by atoms with E-state index in [1.807, 2.05) is 13.8 Å². The zero-order valence-electron chi connectivity index (χ0n) is 14.1. The highest BCUT2D eigenvalue weighted by molar-refractivity contribution is 8.85. The van der Waals surface area contributed by atoms with Crippen LogP contribution in [0, 0.1) is 17.0 Å². The second kappa shape index (κ2) is 9.56. The number of hydrogen-bond donors (Lipinski definition) is 3. The topological polar surface area (TPSA) is 145 Å². The minimum absolute atomic E-state index is 0.0405. The van der Waals surface area contributed by atoms with Crippen molar-refractivity contribution >= 4 is 30.1 Å². The van der Waals surface area contributed by atoms with Crippen LogP contribution < -0.4 is 15.1 Å². The maximum atomic E-state index is 12.7. The van der Waals surface area contributed by atoms with Crippen LogP contribution in [0.4, 0.5) is 5.69 Å². The Morgan fingerprint density at radius 3 is 2.33 bits per heavy atom. The van der Waals surface area contributed by atoms with E-state index in [1.54, 1.807) is 20.8 Å². The summed E-state index contributed by atoms with van der Waals surface area (Å²) < 4.78 is 29.2. The first kappa shape index (κ1) is 23.1. The lowest BCUT2D eigenvalue weighted by atomic mass is 10.2. The Hall–Kier alpha value is -0.890. The SMILES string of the molecule is CC.Cc1ccc(OP(=O)(NC(C)C)SP(N)(=O)O)c([N+](=O)[O-])c1. The minimum Gasteiger partial charge on any atom is -0.418 e. The van der Waals surface area contributed by atoms with Gasteiger partial charge in [0.2, 0.25) is 5.75 Å². The third-order valence-electron chi connectivity index (χ3n) is 2.17. The van der Waals surface area contributed by atoms with E-state index in [0.717, 1.165) is 0 Å². The van der Waals surface area contributed by atoms with E-state index in [9.17, 15) is 24.1 Å². The molecule has 0 aliphatic carbocycles. The van der Waals surface area contributed by atoms with Crippen LogP contribution in [0.1, 0.15) is 33.3 Å².